The molecule has 2 aromatic heterocycles. The van der Waals surface area contributed by atoms with Crippen LogP contribution in [0.25, 0.3) is 21.9 Å². The number of pyridine rings is 1. The third-order valence-corrected chi connectivity index (χ3v) is 5.72. The lowest BCUT2D eigenvalue weighted by molar-refractivity contribution is 0.363. The molecule has 0 unspecified atom stereocenters. The Morgan fingerprint density at radius 1 is 1.19 bits per heavy atom. The Bertz CT molecular complexity index is 1320. The lowest BCUT2D eigenvalue weighted by Crippen LogP contribution is -2.09. The van der Waals surface area contributed by atoms with Crippen LogP contribution in [0.15, 0.2) is 36.4 Å². The van der Waals surface area contributed by atoms with E-state index in [4.69, 9.17) is 27.6 Å². The van der Waals surface area contributed by atoms with Crippen LogP contribution in [-0.2, 0) is 19.5 Å². The number of benzene rings is 2. The largest absolute Gasteiger partial charge is 0.480 e. The Morgan fingerprint density at radius 3 is 2.75 bits per heavy atom. The first-order valence-electron chi connectivity index (χ1n) is 11.0. The maximum atomic E-state index is 6.33. The molecule has 0 saturated heterocycles. The molecule has 0 fully saturated rings. The van der Waals surface area contributed by atoms with E-state index in [9.17, 15) is 0 Å². The van der Waals surface area contributed by atoms with Crippen LogP contribution < -0.4 is 16.2 Å². The Morgan fingerprint density at radius 2 is 2.00 bits per heavy atom. The van der Waals surface area contributed by atoms with E-state index in [2.05, 4.69) is 40.6 Å². The Kier molecular flexibility index (Phi) is 6.29. The number of rotatable bonds is 8. The molecule has 4 N–H and O–H groups in total. The van der Waals surface area contributed by atoms with Crippen molar-refractivity contribution < 1.29 is 4.74 Å². The van der Waals surface area contributed by atoms with Crippen molar-refractivity contribution in [1.29, 1.82) is 0 Å². The average molecular weight is 428 g/mol. The number of hydrogen-bond donors (Lipinski definition) is 2. The average Bonchev–Trinajstić information content (AvgIpc) is 3.15. The van der Waals surface area contributed by atoms with Gasteiger partial charge in [0.05, 0.1) is 11.0 Å². The summed E-state index contributed by atoms with van der Waals surface area (Å²) in [4.78, 5) is 9.50. The summed E-state index contributed by atoms with van der Waals surface area (Å²) in [5.41, 5.74) is 18.1. The first-order chi connectivity index (χ1) is 15.6. The number of nitrogens with zero attached hydrogens (tertiary/aromatic N) is 3. The minimum Gasteiger partial charge on any atom is -0.480 e. The van der Waals surface area contributed by atoms with Gasteiger partial charge in [-0.05, 0) is 36.6 Å². The van der Waals surface area contributed by atoms with Crippen molar-refractivity contribution >= 4 is 27.8 Å². The van der Waals surface area contributed by atoms with Crippen LogP contribution in [0.1, 0.15) is 42.3 Å². The van der Waals surface area contributed by atoms with Gasteiger partial charge in [-0.2, -0.15) is 0 Å². The van der Waals surface area contributed by atoms with E-state index < -0.39 is 0 Å². The second-order valence-electron chi connectivity index (χ2n) is 8.03. The highest BCUT2D eigenvalue weighted by Crippen LogP contribution is 2.31. The molecule has 4 aromatic rings. The highest BCUT2D eigenvalue weighted by molar-refractivity contribution is 6.06. The van der Waals surface area contributed by atoms with Gasteiger partial charge >= 0.3 is 0 Å². The molecular formula is C26H29N5O. The summed E-state index contributed by atoms with van der Waals surface area (Å²) in [6.07, 6.45) is 8.40. The van der Waals surface area contributed by atoms with Gasteiger partial charge in [0.1, 0.15) is 23.7 Å². The Labute approximate surface area is 188 Å². The molecule has 0 saturated carbocycles. The molecule has 0 amide bonds. The number of fused-ring (bicyclic) bond motifs is 3. The molecule has 0 aliphatic carbocycles. The number of hydrogen-bond acceptors (Lipinski definition) is 5. The number of unbranched alkanes of at least 4 members (excludes halogenated alkanes) is 1. The summed E-state index contributed by atoms with van der Waals surface area (Å²) in [6.45, 7) is 5.47. The van der Waals surface area contributed by atoms with Crippen molar-refractivity contribution in [1.82, 2.24) is 14.5 Å². The highest BCUT2D eigenvalue weighted by atomic mass is 16.5. The summed E-state index contributed by atoms with van der Waals surface area (Å²) >= 11 is 0. The molecule has 0 aliphatic rings. The lowest BCUT2D eigenvalue weighted by atomic mass is 10.0. The van der Waals surface area contributed by atoms with Gasteiger partial charge in [0.15, 0.2) is 5.82 Å². The number of imidazole rings is 1. The molecule has 32 heavy (non-hydrogen) atoms. The van der Waals surface area contributed by atoms with E-state index in [1.807, 2.05) is 25.1 Å². The highest BCUT2D eigenvalue weighted by Gasteiger charge is 2.18. The van der Waals surface area contributed by atoms with Gasteiger partial charge in [-0.25, -0.2) is 9.97 Å². The molecular weight excluding hydrogens is 398 g/mol. The quantitative estimate of drug-likeness (QED) is 0.408. The van der Waals surface area contributed by atoms with E-state index in [0.717, 1.165) is 69.5 Å². The number of nitrogens with two attached hydrogens (primary N) is 2. The second kappa shape index (κ2) is 9.29. The van der Waals surface area contributed by atoms with Crippen molar-refractivity contribution in [3.8, 4) is 18.1 Å². The molecule has 164 valence electrons. The van der Waals surface area contributed by atoms with Gasteiger partial charge in [0, 0.05) is 30.5 Å². The van der Waals surface area contributed by atoms with Gasteiger partial charge in [0.25, 0.3) is 0 Å². The summed E-state index contributed by atoms with van der Waals surface area (Å²) in [6, 6.07) is 12.3. The van der Waals surface area contributed by atoms with E-state index >= 15 is 0 Å². The Balaban J connectivity index is 1.88. The van der Waals surface area contributed by atoms with Crippen LogP contribution in [-0.4, -0.2) is 21.1 Å². The van der Waals surface area contributed by atoms with Crippen molar-refractivity contribution in [2.45, 2.75) is 46.2 Å². The van der Waals surface area contributed by atoms with Gasteiger partial charge in [-0.3, -0.25) is 0 Å². The van der Waals surface area contributed by atoms with Crippen LogP contribution in [0.3, 0.4) is 0 Å². The number of aryl methyl sites for hydroxylation is 2. The molecule has 0 spiro atoms. The van der Waals surface area contributed by atoms with Crippen molar-refractivity contribution in [2.75, 3.05) is 12.3 Å². The van der Waals surface area contributed by atoms with Crippen LogP contribution in [0.5, 0.6) is 5.75 Å². The molecule has 2 heterocycles. The maximum absolute atomic E-state index is 6.33. The van der Waals surface area contributed by atoms with Gasteiger partial charge < -0.3 is 20.8 Å². The standard InChI is InChI=1S/C26H29N5O/c1-4-6-11-22-30-23-24(20-9-7-8-10-21(20)29-26(23)28)31(22)16-18-13-17(3)25(32-12-5-2)19(14-18)15-27/h2,7-10,13-14H,4,6,11-12,15-16,27H2,1,3H3,(H2,28,29). The second-order valence-corrected chi connectivity index (χ2v) is 8.03. The molecule has 6 heteroatoms. The third-order valence-electron chi connectivity index (χ3n) is 5.72. The fraction of sp³-hybridized carbons (Fsp3) is 0.308. The minimum atomic E-state index is 0.221. The number of para-hydroxylation sites is 1. The zero-order chi connectivity index (χ0) is 22.7. The van der Waals surface area contributed by atoms with E-state index in [1.165, 1.54) is 0 Å². The van der Waals surface area contributed by atoms with Gasteiger partial charge in [0.2, 0.25) is 0 Å². The SMILES string of the molecule is C#CCOc1c(C)cc(Cn2c(CCCC)nc3c(N)nc4ccccc4c32)cc1CN. The fourth-order valence-corrected chi connectivity index (χ4v) is 4.27. The van der Waals surface area contributed by atoms with Crippen LogP contribution in [0, 0.1) is 19.3 Å². The maximum Gasteiger partial charge on any atom is 0.152 e. The molecule has 0 atom stereocenters. The molecule has 0 radical (unpaired) electrons. The van der Waals surface area contributed by atoms with Gasteiger partial charge in [-0.15, -0.1) is 6.42 Å². The molecule has 6 nitrogen and oxygen atoms in total. The third kappa shape index (κ3) is 4.00. The summed E-state index contributed by atoms with van der Waals surface area (Å²) in [5, 5.41) is 1.05. The van der Waals surface area contributed by atoms with Crippen molar-refractivity contribution in [3.05, 3.63) is 58.9 Å². The first kappa shape index (κ1) is 21.7. The van der Waals surface area contributed by atoms with Crippen LogP contribution in [0.2, 0.25) is 0 Å². The van der Waals surface area contributed by atoms with Crippen LogP contribution in [0.4, 0.5) is 5.82 Å². The normalized spacial score (nSPS) is 11.2. The number of anilines is 1. The lowest BCUT2D eigenvalue weighted by Gasteiger charge is -2.16. The molecule has 0 bridgehead atoms. The molecule has 0 aliphatic heterocycles. The minimum absolute atomic E-state index is 0.221. The van der Waals surface area contributed by atoms with Crippen molar-refractivity contribution in [2.24, 2.45) is 5.73 Å². The van der Waals surface area contributed by atoms with Crippen LogP contribution >= 0.6 is 0 Å². The summed E-state index contributed by atoms with van der Waals surface area (Å²) < 4.78 is 8.04. The predicted molar refractivity (Wildman–Crippen MR) is 131 cm³/mol. The Hall–Kier alpha value is -3.56. The van der Waals surface area contributed by atoms with Crippen molar-refractivity contribution in [3.63, 3.8) is 0 Å². The predicted octanol–water partition coefficient (Wildman–Crippen LogP) is 4.34. The zero-order valence-corrected chi connectivity index (χ0v) is 18.7. The first-order valence-corrected chi connectivity index (χ1v) is 11.0. The molecule has 2 aromatic carbocycles. The fourth-order valence-electron chi connectivity index (χ4n) is 4.27. The number of nitrogen functional groups attached to an aromatic ring is 1. The van der Waals surface area contributed by atoms with Gasteiger partial charge in [-0.1, -0.05) is 43.5 Å². The summed E-state index contributed by atoms with van der Waals surface area (Å²) in [5.74, 6) is 4.78. The topological polar surface area (TPSA) is 92.0 Å². The van der Waals surface area contributed by atoms with E-state index in [1.54, 1.807) is 0 Å². The monoisotopic (exact) mass is 427 g/mol. The number of aromatic nitrogens is 3. The van der Waals surface area contributed by atoms with E-state index in [-0.39, 0.29) is 6.61 Å². The van der Waals surface area contributed by atoms with E-state index in [0.29, 0.717) is 18.9 Å². The molecule has 4 rings (SSSR count). The summed E-state index contributed by atoms with van der Waals surface area (Å²) in [7, 11) is 0. The number of ether oxygens (including phenoxy) is 1. The number of terminal acetylenes is 1. The zero-order valence-electron chi connectivity index (χ0n) is 18.7. The smallest absolute Gasteiger partial charge is 0.152 e.